The largest absolute Gasteiger partial charge is 0.369 e. The Bertz CT molecular complexity index is 509. The Balaban J connectivity index is 2.15. The van der Waals surface area contributed by atoms with Gasteiger partial charge in [-0.05, 0) is 43.9 Å². The van der Waals surface area contributed by atoms with E-state index in [4.69, 9.17) is 4.74 Å². The fourth-order valence-electron chi connectivity index (χ4n) is 3.12. The molecule has 2 aliphatic rings. The topological polar surface area (TPSA) is 33.6 Å². The van der Waals surface area contributed by atoms with Crippen molar-refractivity contribution in [3.8, 4) is 0 Å². The van der Waals surface area contributed by atoms with E-state index in [0.29, 0.717) is 0 Å². The molecule has 0 bridgehead atoms. The molecule has 0 saturated heterocycles. The highest BCUT2D eigenvalue weighted by Gasteiger charge is 2.41. The van der Waals surface area contributed by atoms with Crippen LogP contribution < -0.4 is 5.32 Å². The Morgan fingerprint density at radius 1 is 1.44 bits per heavy atom. The van der Waals surface area contributed by atoms with Gasteiger partial charge in [0.15, 0.2) is 0 Å². The number of nitrogens with zero attached hydrogens (tertiary/aromatic N) is 1. The summed E-state index contributed by atoms with van der Waals surface area (Å²) in [7, 11) is 0. The maximum absolute atomic E-state index is 6.25. The van der Waals surface area contributed by atoms with Crippen LogP contribution in [0, 0.1) is 6.92 Å². The Labute approximate surface area is 108 Å². The van der Waals surface area contributed by atoms with Crippen LogP contribution in [-0.2, 0) is 16.8 Å². The zero-order valence-corrected chi connectivity index (χ0v) is 11.3. The molecule has 3 rings (SSSR count). The third kappa shape index (κ3) is 1.65. The lowest BCUT2D eigenvalue weighted by molar-refractivity contribution is -0.0474. The summed E-state index contributed by atoms with van der Waals surface area (Å²) < 4.78 is 6.25. The van der Waals surface area contributed by atoms with E-state index >= 15 is 0 Å². The lowest BCUT2D eigenvalue weighted by Crippen LogP contribution is -2.47. The van der Waals surface area contributed by atoms with Gasteiger partial charge in [0.05, 0.1) is 12.6 Å². The molecule has 1 N–H and O–H groups in total. The standard InChI is InChI=1S/C15H20N2O/c1-10-5-4-6-13-12(10)9-11(2)18-15(13,3)14-16-7-8-17-14/h4-6,11H,7-9H2,1-3H3,(H,16,17). The smallest absolute Gasteiger partial charge is 0.148 e. The van der Waals surface area contributed by atoms with E-state index in [9.17, 15) is 0 Å². The first-order valence-electron chi connectivity index (χ1n) is 6.67. The van der Waals surface area contributed by atoms with Crippen molar-refractivity contribution in [3.05, 3.63) is 34.9 Å². The van der Waals surface area contributed by atoms with Gasteiger partial charge in [-0.2, -0.15) is 0 Å². The van der Waals surface area contributed by atoms with Crippen LogP contribution in [-0.4, -0.2) is 25.0 Å². The molecule has 1 aromatic carbocycles. The van der Waals surface area contributed by atoms with Crippen LogP contribution in [0.25, 0.3) is 0 Å². The number of amidine groups is 1. The first-order chi connectivity index (χ1) is 8.61. The van der Waals surface area contributed by atoms with Gasteiger partial charge in [0.2, 0.25) is 0 Å². The van der Waals surface area contributed by atoms with Gasteiger partial charge < -0.3 is 10.1 Å². The van der Waals surface area contributed by atoms with Gasteiger partial charge in [-0.3, -0.25) is 4.99 Å². The number of ether oxygens (including phenoxy) is 1. The molecule has 2 aliphatic heterocycles. The first kappa shape index (κ1) is 11.7. The van der Waals surface area contributed by atoms with Crippen LogP contribution in [0.2, 0.25) is 0 Å². The van der Waals surface area contributed by atoms with Crippen LogP contribution in [0.1, 0.15) is 30.5 Å². The number of aliphatic imine (C=N–C) groups is 1. The molecule has 3 nitrogen and oxygen atoms in total. The number of hydrogen-bond acceptors (Lipinski definition) is 3. The summed E-state index contributed by atoms with van der Waals surface area (Å²) in [5, 5.41) is 3.37. The average Bonchev–Trinajstić information content (AvgIpc) is 2.85. The third-order valence-corrected chi connectivity index (χ3v) is 3.98. The Kier molecular flexibility index (Phi) is 2.67. The van der Waals surface area contributed by atoms with Crippen molar-refractivity contribution in [2.45, 2.75) is 38.9 Å². The van der Waals surface area contributed by atoms with E-state index in [-0.39, 0.29) is 6.10 Å². The Hall–Kier alpha value is -1.35. The second kappa shape index (κ2) is 4.09. The molecule has 2 heterocycles. The molecule has 1 aromatic rings. The van der Waals surface area contributed by atoms with Crippen molar-refractivity contribution in [3.63, 3.8) is 0 Å². The van der Waals surface area contributed by atoms with Gasteiger partial charge in [-0.15, -0.1) is 0 Å². The van der Waals surface area contributed by atoms with Crippen LogP contribution in [0.3, 0.4) is 0 Å². The number of aryl methyl sites for hydroxylation is 1. The van der Waals surface area contributed by atoms with Gasteiger partial charge in [-0.25, -0.2) is 0 Å². The van der Waals surface area contributed by atoms with Gasteiger partial charge in [0.1, 0.15) is 11.4 Å². The molecule has 2 unspecified atom stereocenters. The number of nitrogens with one attached hydrogen (secondary N) is 1. The molecule has 3 heteroatoms. The maximum atomic E-state index is 6.25. The van der Waals surface area contributed by atoms with E-state index in [0.717, 1.165) is 25.3 Å². The van der Waals surface area contributed by atoms with Crippen molar-refractivity contribution in [2.75, 3.05) is 13.1 Å². The summed E-state index contributed by atoms with van der Waals surface area (Å²) >= 11 is 0. The number of rotatable bonds is 1. The van der Waals surface area contributed by atoms with Gasteiger partial charge in [0.25, 0.3) is 0 Å². The van der Waals surface area contributed by atoms with Crippen LogP contribution in [0.4, 0.5) is 0 Å². The third-order valence-electron chi connectivity index (χ3n) is 3.98. The molecule has 0 radical (unpaired) electrons. The highest BCUT2D eigenvalue weighted by Crippen LogP contribution is 2.38. The van der Waals surface area contributed by atoms with Crippen molar-refractivity contribution in [1.82, 2.24) is 5.32 Å². The summed E-state index contributed by atoms with van der Waals surface area (Å²) in [6.07, 6.45) is 1.22. The van der Waals surface area contributed by atoms with Crippen molar-refractivity contribution < 1.29 is 4.74 Å². The minimum absolute atomic E-state index is 0.230. The van der Waals surface area contributed by atoms with E-state index in [1.807, 2.05) is 0 Å². The van der Waals surface area contributed by atoms with E-state index in [1.165, 1.54) is 16.7 Å². The van der Waals surface area contributed by atoms with Gasteiger partial charge in [0, 0.05) is 6.54 Å². The summed E-state index contributed by atoms with van der Waals surface area (Å²) in [6.45, 7) is 8.23. The molecule has 0 fully saturated rings. The summed E-state index contributed by atoms with van der Waals surface area (Å²) in [5.41, 5.74) is 3.64. The van der Waals surface area contributed by atoms with E-state index < -0.39 is 5.60 Å². The molecule has 0 amide bonds. The fraction of sp³-hybridized carbons (Fsp3) is 0.533. The molecule has 0 saturated carbocycles. The lowest BCUT2D eigenvalue weighted by atomic mass is 9.83. The molecular weight excluding hydrogens is 224 g/mol. The predicted molar refractivity (Wildman–Crippen MR) is 73.1 cm³/mol. The van der Waals surface area contributed by atoms with Gasteiger partial charge >= 0.3 is 0 Å². The lowest BCUT2D eigenvalue weighted by Gasteiger charge is -2.40. The quantitative estimate of drug-likeness (QED) is 0.821. The van der Waals surface area contributed by atoms with Crippen LogP contribution in [0.15, 0.2) is 23.2 Å². The van der Waals surface area contributed by atoms with Crippen molar-refractivity contribution >= 4 is 5.84 Å². The normalized spacial score (nSPS) is 30.6. The highest BCUT2D eigenvalue weighted by atomic mass is 16.5. The monoisotopic (exact) mass is 244 g/mol. The zero-order valence-electron chi connectivity index (χ0n) is 11.3. The minimum Gasteiger partial charge on any atom is -0.369 e. The Morgan fingerprint density at radius 3 is 3.00 bits per heavy atom. The Morgan fingerprint density at radius 2 is 2.28 bits per heavy atom. The second-order valence-electron chi connectivity index (χ2n) is 5.42. The van der Waals surface area contributed by atoms with E-state index in [2.05, 4.69) is 49.3 Å². The zero-order chi connectivity index (χ0) is 12.8. The average molecular weight is 244 g/mol. The second-order valence-corrected chi connectivity index (χ2v) is 5.42. The molecule has 0 spiro atoms. The first-order valence-corrected chi connectivity index (χ1v) is 6.67. The molecule has 0 aromatic heterocycles. The van der Waals surface area contributed by atoms with Crippen molar-refractivity contribution in [1.29, 1.82) is 0 Å². The predicted octanol–water partition coefficient (Wildman–Crippen LogP) is 2.17. The molecule has 2 atom stereocenters. The highest BCUT2D eigenvalue weighted by molar-refractivity contribution is 5.93. The fourth-order valence-corrected chi connectivity index (χ4v) is 3.12. The number of fused-ring (bicyclic) bond motifs is 1. The number of hydrogen-bond donors (Lipinski definition) is 1. The summed E-state index contributed by atoms with van der Waals surface area (Å²) in [4.78, 5) is 4.57. The molecule has 96 valence electrons. The molecule has 18 heavy (non-hydrogen) atoms. The minimum atomic E-state index is -0.407. The summed E-state index contributed by atoms with van der Waals surface area (Å²) in [6, 6.07) is 6.47. The van der Waals surface area contributed by atoms with Crippen molar-refractivity contribution in [2.24, 2.45) is 4.99 Å². The van der Waals surface area contributed by atoms with Crippen LogP contribution in [0.5, 0.6) is 0 Å². The number of benzene rings is 1. The summed E-state index contributed by atoms with van der Waals surface area (Å²) in [5.74, 6) is 0.987. The van der Waals surface area contributed by atoms with Crippen LogP contribution >= 0.6 is 0 Å². The molecular formula is C15H20N2O. The SMILES string of the molecule is Cc1cccc2c1CC(C)OC2(C)C1=NCCN1. The maximum Gasteiger partial charge on any atom is 0.148 e. The van der Waals surface area contributed by atoms with Gasteiger partial charge in [-0.1, -0.05) is 18.2 Å². The molecule has 0 aliphatic carbocycles. The van der Waals surface area contributed by atoms with E-state index in [1.54, 1.807) is 0 Å².